The predicted octanol–water partition coefficient (Wildman–Crippen LogP) is 4.77. The van der Waals surface area contributed by atoms with Crippen LogP contribution in [-0.2, 0) is 11.2 Å². The number of amides is 1. The molecule has 1 heterocycles. The van der Waals surface area contributed by atoms with Crippen LogP contribution in [0.1, 0.15) is 44.4 Å². The average Bonchev–Trinajstić information content (AvgIpc) is 2.81. The molecule has 1 N–H and O–H groups in total. The molecule has 1 aliphatic rings. The monoisotopic (exact) mass is 364 g/mol. The summed E-state index contributed by atoms with van der Waals surface area (Å²) in [7, 11) is 0. The fraction of sp³-hybridized carbons (Fsp3) is 0.450. The molecule has 2 aromatic rings. The Labute approximate surface area is 151 Å². The smallest absolute Gasteiger partial charge is 0.287 e. The lowest BCUT2D eigenvalue weighted by Crippen LogP contribution is -2.44. The van der Waals surface area contributed by atoms with Crippen molar-refractivity contribution in [3.63, 3.8) is 0 Å². The maximum Gasteiger partial charge on any atom is 0.409 e. The van der Waals surface area contributed by atoms with Crippen LogP contribution in [0.15, 0.2) is 36.4 Å². The first-order chi connectivity index (χ1) is 12.1. The summed E-state index contributed by atoms with van der Waals surface area (Å²) < 4.78 is 42.6. The molecule has 3 nitrogen and oxygen atoms in total. The summed E-state index contributed by atoms with van der Waals surface area (Å²) in [5.41, 5.74) is 2.51. The Morgan fingerprint density at radius 2 is 1.88 bits per heavy atom. The minimum absolute atomic E-state index is 0.00476. The third-order valence-electron chi connectivity index (χ3n) is 4.90. The first-order valence-corrected chi connectivity index (χ1v) is 8.80. The molecule has 0 aromatic heterocycles. The number of hydrogen-bond acceptors (Lipinski definition) is 2. The van der Waals surface area contributed by atoms with E-state index < -0.39 is 17.6 Å². The van der Waals surface area contributed by atoms with Gasteiger partial charge in [-0.2, -0.15) is 13.2 Å². The van der Waals surface area contributed by atoms with E-state index in [-0.39, 0.29) is 18.0 Å². The number of aryl methyl sites for hydroxylation is 1. The van der Waals surface area contributed by atoms with E-state index in [0.717, 1.165) is 16.8 Å². The second-order valence-electron chi connectivity index (χ2n) is 7.51. The van der Waals surface area contributed by atoms with Crippen LogP contribution in [-0.4, -0.2) is 23.6 Å². The van der Waals surface area contributed by atoms with Crippen molar-refractivity contribution >= 4 is 16.7 Å². The van der Waals surface area contributed by atoms with Gasteiger partial charge >= 0.3 is 6.18 Å². The van der Waals surface area contributed by atoms with Gasteiger partial charge in [-0.3, -0.25) is 10.2 Å². The molecule has 140 valence electrons. The van der Waals surface area contributed by atoms with Crippen LogP contribution in [0.4, 0.5) is 13.2 Å². The highest BCUT2D eigenvalue weighted by atomic mass is 19.4. The number of hydrazine groups is 1. The van der Waals surface area contributed by atoms with Crippen LogP contribution in [0.3, 0.4) is 0 Å². The highest BCUT2D eigenvalue weighted by Crippen LogP contribution is 2.44. The van der Waals surface area contributed by atoms with Crippen molar-refractivity contribution in [1.82, 2.24) is 10.4 Å². The molecule has 0 saturated carbocycles. The average molecular weight is 364 g/mol. The number of hydrogen-bond donors (Lipinski definition) is 1. The van der Waals surface area contributed by atoms with E-state index in [1.54, 1.807) is 32.0 Å². The lowest BCUT2D eigenvalue weighted by Gasteiger charge is -2.32. The summed E-state index contributed by atoms with van der Waals surface area (Å²) in [5, 5.41) is 2.41. The van der Waals surface area contributed by atoms with Crippen molar-refractivity contribution in [3.05, 3.63) is 47.5 Å². The van der Waals surface area contributed by atoms with Crippen molar-refractivity contribution in [2.24, 2.45) is 5.41 Å². The SMILES string of the molecule is CCCc1ccc2ccccc2c1[C@H](N1CC(C)(C)C(=O)N1)C(F)(F)F. The second kappa shape index (κ2) is 6.58. The third-order valence-corrected chi connectivity index (χ3v) is 4.90. The quantitative estimate of drug-likeness (QED) is 0.848. The molecule has 2 aromatic carbocycles. The van der Waals surface area contributed by atoms with Gasteiger partial charge in [-0.25, -0.2) is 5.01 Å². The van der Waals surface area contributed by atoms with Crippen molar-refractivity contribution in [2.45, 2.75) is 45.8 Å². The number of carbonyl (C=O) groups is 1. The number of benzene rings is 2. The minimum atomic E-state index is -4.51. The molecule has 1 fully saturated rings. The molecule has 0 aliphatic carbocycles. The number of nitrogens with one attached hydrogen (secondary N) is 1. The zero-order chi connectivity index (χ0) is 19.1. The van der Waals surface area contributed by atoms with Crippen LogP contribution in [0, 0.1) is 5.41 Å². The minimum Gasteiger partial charge on any atom is -0.287 e. The Kier molecular flexibility index (Phi) is 4.73. The normalized spacial score (nSPS) is 18.9. The fourth-order valence-electron chi connectivity index (χ4n) is 3.62. The molecule has 0 unspecified atom stereocenters. The molecule has 0 spiro atoms. The van der Waals surface area contributed by atoms with Gasteiger partial charge in [0.05, 0.1) is 5.41 Å². The van der Waals surface area contributed by atoms with Crippen molar-refractivity contribution in [3.8, 4) is 0 Å². The number of fused-ring (bicyclic) bond motifs is 1. The zero-order valence-corrected chi connectivity index (χ0v) is 15.2. The largest absolute Gasteiger partial charge is 0.409 e. The maximum absolute atomic E-state index is 14.2. The van der Waals surface area contributed by atoms with Crippen molar-refractivity contribution in [2.75, 3.05) is 6.54 Å². The molecular weight excluding hydrogens is 341 g/mol. The van der Waals surface area contributed by atoms with Crippen LogP contribution in [0.25, 0.3) is 10.8 Å². The number of rotatable bonds is 4. The second-order valence-corrected chi connectivity index (χ2v) is 7.51. The molecule has 0 bridgehead atoms. The molecule has 0 radical (unpaired) electrons. The number of carbonyl (C=O) groups excluding carboxylic acids is 1. The van der Waals surface area contributed by atoms with Gasteiger partial charge in [-0.1, -0.05) is 49.7 Å². The van der Waals surface area contributed by atoms with Gasteiger partial charge in [0.2, 0.25) is 5.91 Å². The van der Waals surface area contributed by atoms with Crippen LogP contribution >= 0.6 is 0 Å². The zero-order valence-electron chi connectivity index (χ0n) is 15.2. The topological polar surface area (TPSA) is 32.3 Å². The van der Waals surface area contributed by atoms with Crippen LogP contribution < -0.4 is 5.43 Å². The van der Waals surface area contributed by atoms with Crippen LogP contribution in [0.5, 0.6) is 0 Å². The van der Waals surface area contributed by atoms with Crippen LogP contribution in [0.2, 0.25) is 0 Å². The Hall–Kier alpha value is -2.08. The van der Waals surface area contributed by atoms with Crippen molar-refractivity contribution < 1.29 is 18.0 Å². The molecule has 3 rings (SSSR count). The van der Waals surface area contributed by atoms with Gasteiger partial charge in [-0.15, -0.1) is 0 Å². The van der Waals surface area contributed by atoms with E-state index in [0.29, 0.717) is 17.4 Å². The van der Waals surface area contributed by atoms with Gasteiger partial charge in [-0.05, 0) is 42.2 Å². The summed E-state index contributed by atoms with van der Waals surface area (Å²) in [5.74, 6) is -0.385. The lowest BCUT2D eigenvalue weighted by molar-refractivity contribution is -0.191. The Bertz CT molecular complexity index is 829. The van der Waals surface area contributed by atoms with Gasteiger partial charge in [0.15, 0.2) is 6.04 Å². The van der Waals surface area contributed by atoms with Gasteiger partial charge in [0, 0.05) is 6.54 Å². The van der Waals surface area contributed by atoms with E-state index in [1.807, 2.05) is 25.1 Å². The van der Waals surface area contributed by atoms with Gasteiger partial charge in [0.25, 0.3) is 0 Å². The van der Waals surface area contributed by atoms with E-state index in [4.69, 9.17) is 0 Å². The molecule has 1 saturated heterocycles. The number of nitrogens with zero attached hydrogens (tertiary/aromatic N) is 1. The lowest BCUT2D eigenvalue weighted by atomic mass is 9.89. The molecule has 6 heteroatoms. The van der Waals surface area contributed by atoms with E-state index in [1.165, 1.54) is 0 Å². The van der Waals surface area contributed by atoms with Gasteiger partial charge < -0.3 is 0 Å². The number of alkyl halides is 3. The van der Waals surface area contributed by atoms with E-state index >= 15 is 0 Å². The Morgan fingerprint density at radius 3 is 2.46 bits per heavy atom. The third kappa shape index (κ3) is 3.30. The molecule has 26 heavy (non-hydrogen) atoms. The summed E-state index contributed by atoms with van der Waals surface area (Å²) in [6.45, 7) is 5.27. The fourth-order valence-corrected chi connectivity index (χ4v) is 3.62. The van der Waals surface area contributed by atoms with Gasteiger partial charge in [0.1, 0.15) is 0 Å². The Balaban J connectivity index is 2.22. The first kappa shape index (κ1) is 18.7. The van der Waals surface area contributed by atoms with E-state index in [2.05, 4.69) is 5.43 Å². The Morgan fingerprint density at radius 1 is 1.19 bits per heavy atom. The molecule has 1 atom stereocenters. The molecular formula is C20H23F3N2O. The maximum atomic E-state index is 14.2. The highest BCUT2D eigenvalue weighted by molar-refractivity contribution is 5.88. The summed E-state index contributed by atoms with van der Waals surface area (Å²) >= 11 is 0. The predicted molar refractivity (Wildman–Crippen MR) is 95.4 cm³/mol. The van der Waals surface area contributed by atoms with Crippen molar-refractivity contribution in [1.29, 1.82) is 0 Å². The summed E-state index contributed by atoms with van der Waals surface area (Å²) in [6.07, 6.45) is -3.22. The number of halogens is 3. The molecule has 1 aliphatic heterocycles. The molecule has 1 amide bonds. The first-order valence-electron chi connectivity index (χ1n) is 8.80. The summed E-state index contributed by atoms with van der Waals surface area (Å²) in [6, 6.07) is 8.88. The van der Waals surface area contributed by atoms with E-state index in [9.17, 15) is 18.0 Å². The highest BCUT2D eigenvalue weighted by Gasteiger charge is 2.52. The standard InChI is InChI=1S/C20H23F3N2O/c1-4-7-14-11-10-13-8-5-6-9-15(13)16(14)17(20(21,22)23)25-12-19(2,3)18(26)24-25/h5-6,8-11,17H,4,7,12H2,1-3H3,(H,24,26)/t17-/m0/s1. The summed E-state index contributed by atoms with van der Waals surface area (Å²) in [4.78, 5) is 12.1.